The molecule has 3 rings (SSSR count). The summed E-state index contributed by atoms with van der Waals surface area (Å²) >= 11 is 0. The molecule has 2 aromatic rings. The van der Waals surface area contributed by atoms with E-state index in [1.165, 1.54) is 17.1 Å². The van der Waals surface area contributed by atoms with Gasteiger partial charge in [0.1, 0.15) is 6.67 Å². The van der Waals surface area contributed by atoms with E-state index in [-0.39, 0.29) is 12.1 Å². The number of likely N-dealkylation sites (tertiary alicyclic amines) is 1. The zero-order chi connectivity index (χ0) is 18.2. The van der Waals surface area contributed by atoms with Crippen LogP contribution < -0.4 is 0 Å². The van der Waals surface area contributed by atoms with Crippen molar-refractivity contribution in [2.24, 2.45) is 0 Å². The summed E-state index contributed by atoms with van der Waals surface area (Å²) in [5.74, 6) is 1.01. The largest absolute Gasteiger partial charge is 0.302 e. The molecular formula is C20H31FN4. The van der Waals surface area contributed by atoms with Crippen LogP contribution in [0.25, 0.3) is 5.82 Å². The highest BCUT2D eigenvalue weighted by Crippen LogP contribution is 2.32. The van der Waals surface area contributed by atoms with Gasteiger partial charge in [-0.1, -0.05) is 20.8 Å². The number of aromatic nitrogens is 3. The van der Waals surface area contributed by atoms with Crippen molar-refractivity contribution in [2.45, 2.75) is 58.9 Å². The topological polar surface area (TPSA) is 26.0 Å². The van der Waals surface area contributed by atoms with Crippen LogP contribution >= 0.6 is 0 Å². The van der Waals surface area contributed by atoms with E-state index >= 15 is 0 Å². The minimum Gasteiger partial charge on any atom is -0.302 e. The number of hydrogen-bond donors (Lipinski definition) is 0. The molecule has 0 amide bonds. The Bertz CT molecular complexity index is 695. The minimum atomic E-state index is -0.254. The van der Waals surface area contributed by atoms with Gasteiger partial charge in [0.05, 0.1) is 6.04 Å². The Kier molecular flexibility index (Phi) is 5.05. The molecule has 0 aliphatic carbocycles. The molecule has 0 N–H and O–H groups in total. The second kappa shape index (κ2) is 6.94. The Hall–Kier alpha value is -1.62. The lowest BCUT2D eigenvalue weighted by atomic mass is 9.91. The molecule has 4 nitrogen and oxygen atoms in total. The average molecular weight is 346 g/mol. The van der Waals surface area contributed by atoms with Gasteiger partial charge >= 0.3 is 0 Å². The van der Waals surface area contributed by atoms with E-state index in [1.807, 2.05) is 0 Å². The fraction of sp³-hybridized carbons (Fsp3) is 0.650. The van der Waals surface area contributed by atoms with Crippen molar-refractivity contribution < 1.29 is 4.39 Å². The molecule has 1 saturated heterocycles. The number of halogens is 1. The Labute approximate surface area is 150 Å². The lowest BCUT2D eigenvalue weighted by Gasteiger charge is -2.33. The summed E-state index contributed by atoms with van der Waals surface area (Å²) in [6.07, 6.45) is 2.07. The molecule has 0 bridgehead atoms. The lowest BCUT2D eigenvalue weighted by Crippen LogP contribution is -2.37. The summed E-state index contributed by atoms with van der Waals surface area (Å²) in [5.41, 5.74) is 3.73. The molecule has 1 aliphatic rings. The molecule has 1 aliphatic heterocycles. The highest BCUT2D eigenvalue weighted by Gasteiger charge is 2.28. The summed E-state index contributed by atoms with van der Waals surface area (Å²) in [4.78, 5) is 2.22. The predicted octanol–water partition coefficient (Wildman–Crippen LogP) is 4.19. The summed E-state index contributed by atoms with van der Waals surface area (Å²) < 4.78 is 17.1. The maximum absolute atomic E-state index is 12.6. The van der Waals surface area contributed by atoms with Gasteiger partial charge in [0.15, 0.2) is 5.82 Å². The molecule has 0 atom stereocenters. The summed E-state index contributed by atoms with van der Waals surface area (Å²) in [7, 11) is 0. The predicted molar refractivity (Wildman–Crippen MR) is 100 cm³/mol. The van der Waals surface area contributed by atoms with Crippen LogP contribution in [0.1, 0.15) is 56.7 Å². The van der Waals surface area contributed by atoms with Crippen LogP contribution in [0.4, 0.5) is 4.39 Å². The van der Waals surface area contributed by atoms with Crippen molar-refractivity contribution in [3.05, 3.63) is 35.3 Å². The standard InChI is InChI=1S/C20H31FN4/c1-15-6-7-16(2)24(15)19-14-18(20(3,4)5)25(22-19)17-8-11-23(12-9-17)13-10-21/h6-7,14,17H,8-13H2,1-5H3. The van der Waals surface area contributed by atoms with Crippen molar-refractivity contribution >= 4 is 0 Å². The van der Waals surface area contributed by atoms with Crippen LogP contribution in [-0.4, -0.2) is 45.6 Å². The second-order valence-corrected chi connectivity index (χ2v) is 8.30. The molecule has 0 saturated carbocycles. The molecule has 0 aromatic carbocycles. The average Bonchev–Trinajstić information content (AvgIpc) is 3.12. The molecule has 1 fully saturated rings. The highest BCUT2D eigenvalue weighted by atomic mass is 19.1. The Balaban J connectivity index is 1.93. The van der Waals surface area contributed by atoms with Gasteiger partial charge in [-0.3, -0.25) is 4.68 Å². The van der Waals surface area contributed by atoms with Crippen LogP contribution in [0.2, 0.25) is 0 Å². The number of rotatable bonds is 4. The molecule has 2 aromatic heterocycles. The Morgan fingerprint density at radius 1 is 1.12 bits per heavy atom. The van der Waals surface area contributed by atoms with Crippen molar-refractivity contribution in [1.29, 1.82) is 0 Å². The van der Waals surface area contributed by atoms with E-state index in [4.69, 9.17) is 5.10 Å². The van der Waals surface area contributed by atoms with E-state index in [0.29, 0.717) is 12.6 Å². The van der Waals surface area contributed by atoms with Crippen LogP contribution in [0, 0.1) is 13.8 Å². The summed E-state index contributed by atoms with van der Waals surface area (Å²) in [5, 5.41) is 5.02. The number of alkyl halides is 1. The fourth-order valence-electron chi connectivity index (χ4n) is 3.87. The number of piperidine rings is 1. The van der Waals surface area contributed by atoms with Crippen LogP contribution in [0.15, 0.2) is 18.2 Å². The van der Waals surface area contributed by atoms with Gasteiger partial charge in [-0.15, -0.1) is 0 Å². The van der Waals surface area contributed by atoms with Crippen molar-refractivity contribution in [2.75, 3.05) is 26.3 Å². The van der Waals surface area contributed by atoms with Crippen molar-refractivity contribution in [3.8, 4) is 5.82 Å². The monoisotopic (exact) mass is 346 g/mol. The van der Waals surface area contributed by atoms with Gasteiger partial charge in [-0.25, -0.2) is 4.39 Å². The van der Waals surface area contributed by atoms with Gasteiger partial charge < -0.3 is 9.47 Å². The number of hydrogen-bond acceptors (Lipinski definition) is 2. The molecule has 0 spiro atoms. The third-order valence-corrected chi connectivity index (χ3v) is 5.30. The fourth-order valence-corrected chi connectivity index (χ4v) is 3.87. The molecular weight excluding hydrogens is 315 g/mol. The maximum atomic E-state index is 12.6. The smallest absolute Gasteiger partial charge is 0.159 e. The van der Waals surface area contributed by atoms with Crippen molar-refractivity contribution in [1.82, 2.24) is 19.2 Å². The zero-order valence-corrected chi connectivity index (χ0v) is 16.2. The van der Waals surface area contributed by atoms with E-state index in [0.717, 1.165) is 31.7 Å². The normalized spacial score (nSPS) is 17.4. The Morgan fingerprint density at radius 2 is 1.72 bits per heavy atom. The van der Waals surface area contributed by atoms with E-state index < -0.39 is 0 Å². The van der Waals surface area contributed by atoms with Crippen molar-refractivity contribution in [3.63, 3.8) is 0 Å². The summed E-state index contributed by atoms with van der Waals surface area (Å²) in [6, 6.07) is 6.92. The van der Waals surface area contributed by atoms with Gasteiger partial charge in [0, 0.05) is 48.2 Å². The molecule has 138 valence electrons. The second-order valence-electron chi connectivity index (χ2n) is 8.30. The molecule has 3 heterocycles. The molecule has 0 unspecified atom stereocenters. The first-order valence-electron chi connectivity index (χ1n) is 9.35. The third kappa shape index (κ3) is 3.66. The zero-order valence-electron chi connectivity index (χ0n) is 16.2. The van der Waals surface area contributed by atoms with Gasteiger partial charge in [0.25, 0.3) is 0 Å². The Morgan fingerprint density at radius 3 is 2.24 bits per heavy atom. The van der Waals surface area contributed by atoms with E-state index in [9.17, 15) is 4.39 Å². The molecule has 0 radical (unpaired) electrons. The third-order valence-electron chi connectivity index (χ3n) is 5.30. The van der Waals surface area contributed by atoms with Gasteiger partial charge in [-0.2, -0.15) is 5.10 Å². The van der Waals surface area contributed by atoms with Gasteiger partial charge in [-0.05, 0) is 38.8 Å². The van der Waals surface area contributed by atoms with E-state index in [1.54, 1.807) is 0 Å². The van der Waals surface area contributed by atoms with E-state index in [2.05, 4.69) is 67.0 Å². The first-order chi connectivity index (χ1) is 11.8. The van der Waals surface area contributed by atoms with Crippen LogP contribution in [0.3, 0.4) is 0 Å². The highest BCUT2D eigenvalue weighted by molar-refractivity contribution is 5.35. The molecule has 5 heteroatoms. The maximum Gasteiger partial charge on any atom is 0.159 e. The summed E-state index contributed by atoms with van der Waals surface area (Å²) in [6.45, 7) is 13.2. The quantitative estimate of drug-likeness (QED) is 0.829. The SMILES string of the molecule is Cc1ccc(C)n1-c1cc(C(C)(C)C)n(C2CCN(CCF)CC2)n1. The minimum absolute atomic E-state index is 0.0380. The first kappa shape index (κ1) is 18.2. The van der Waals surface area contributed by atoms with Gasteiger partial charge in [0.2, 0.25) is 0 Å². The van der Waals surface area contributed by atoms with Crippen LogP contribution in [-0.2, 0) is 5.41 Å². The number of nitrogens with zero attached hydrogens (tertiary/aromatic N) is 4. The van der Waals surface area contributed by atoms with Crippen LogP contribution in [0.5, 0.6) is 0 Å². The first-order valence-corrected chi connectivity index (χ1v) is 9.35. The number of aryl methyl sites for hydroxylation is 2. The lowest BCUT2D eigenvalue weighted by molar-refractivity contribution is 0.165. The molecule has 25 heavy (non-hydrogen) atoms.